The summed E-state index contributed by atoms with van der Waals surface area (Å²) in [4.78, 5) is 105. The van der Waals surface area contributed by atoms with E-state index in [0.29, 0.717) is 0 Å². The summed E-state index contributed by atoms with van der Waals surface area (Å²) in [5.41, 5.74) is 0. The van der Waals surface area contributed by atoms with E-state index in [9.17, 15) is 0 Å². The molecule has 0 aliphatic carbocycles. The fraction of sp³-hybridized carbons (Fsp3) is 0.812. The fourth-order valence-electron chi connectivity index (χ4n) is 0. The predicted octanol–water partition coefficient (Wildman–Crippen LogP) is -8.66. The summed E-state index contributed by atoms with van der Waals surface area (Å²) in [6, 6.07) is 0. The molecule has 0 aromatic heterocycles. The Morgan fingerprint density at radius 1 is 0.482 bits per heavy atom. The smallest absolute Gasteiger partial charge is 0.544 e. The van der Waals surface area contributed by atoms with Gasteiger partial charge in [-0.1, -0.05) is 29.7 Å². The Kier molecular flexibility index (Phi) is 12300. The maximum atomic E-state index is 8.36. The van der Waals surface area contributed by atoms with Crippen molar-refractivity contribution < 1.29 is 178 Å². The van der Waals surface area contributed by atoms with Crippen LogP contribution in [-0.4, -0.2) is 166 Å². The topological polar surface area (TPSA) is 665 Å². The molecule has 0 saturated carbocycles. The van der Waals surface area contributed by atoms with Gasteiger partial charge < -0.3 is 76.0 Å². The number of aliphatic hydroxyl groups excluding tert-OH is 7. The molecule has 18 N–H and O–H groups in total. The van der Waals surface area contributed by atoms with Crippen LogP contribution in [0.5, 0.6) is 0 Å². The van der Waals surface area contributed by atoms with E-state index in [-0.39, 0.29) is 126 Å². The van der Waals surface area contributed by atoms with Gasteiger partial charge in [0.15, 0.2) is 6.79 Å². The van der Waals surface area contributed by atoms with E-state index in [1.807, 2.05) is 0 Å². The minimum absolute atomic E-state index is 0. The van der Waals surface area contributed by atoms with Crippen molar-refractivity contribution in [1.29, 1.82) is 0 Å². The van der Waals surface area contributed by atoms with Crippen molar-refractivity contribution in [3.63, 3.8) is 0 Å². The summed E-state index contributed by atoms with van der Waals surface area (Å²) in [7, 11) is 8.36. The number of hydrogen-bond acceptors (Lipinski definition) is 30. The first kappa shape index (κ1) is 225. The molecule has 0 amide bonds. The van der Waals surface area contributed by atoms with Crippen LogP contribution in [0, 0.1) is 72.3 Å². The van der Waals surface area contributed by atoms with Crippen molar-refractivity contribution in [2.45, 2.75) is 29.7 Å². The van der Waals surface area contributed by atoms with Gasteiger partial charge in [0.25, 0.3) is 19.4 Å². The summed E-state index contributed by atoms with van der Waals surface area (Å²) in [5, 5.41) is 91.3. The third-order valence-corrected chi connectivity index (χ3v) is 0.0577. The van der Waals surface area contributed by atoms with Crippen LogP contribution in [0.25, 0.3) is 0 Å². The van der Waals surface area contributed by atoms with E-state index < -0.39 is 18.1 Å². The van der Waals surface area contributed by atoms with Gasteiger partial charge in [0, 0.05) is 92.3 Å². The summed E-state index contributed by atoms with van der Waals surface area (Å²) in [6.45, 7) is -1.38. The Morgan fingerprint density at radius 3 is 0.500 bits per heavy atom. The molecule has 56 heavy (non-hydrogen) atoms. The maximum Gasteiger partial charge on any atom is 1.00 e. The van der Waals surface area contributed by atoms with Crippen molar-refractivity contribution in [2.24, 2.45) is 0 Å². The predicted molar refractivity (Wildman–Crippen MR) is 190 cm³/mol. The van der Waals surface area contributed by atoms with Gasteiger partial charge in [-0.3, -0.25) is 24.9 Å². The molecular formula is C16H65Cl4NaO35. The van der Waals surface area contributed by atoms with Gasteiger partial charge >= 0.3 is 40.9 Å². The number of hydrogen-bond donors (Lipinski definition) is 14. The zero-order valence-electron chi connectivity index (χ0n) is 28.0. The van der Waals surface area contributed by atoms with E-state index in [0.717, 1.165) is 42.7 Å². The molecule has 0 aromatic carbocycles. The molecule has 368 valence electrons. The monoisotopic (exact) mass is 980 g/mol. The maximum absolute atomic E-state index is 8.36. The second-order valence-electron chi connectivity index (χ2n) is 1.07. The normalized spacial score (nSPS) is 3.46. The largest absolute Gasteiger partial charge is 1.00 e. The van der Waals surface area contributed by atoms with Gasteiger partial charge in [-0.25, -0.2) is 19.9 Å². The van der Waals surface area contributed by atoms with Crippen LogP contribution in [0.4, 0.5) is 0 Å². The van der Waals surface area contributed by atoms with Crippen molar-refractivity contribution in [3.8, 4) is 0 Å². The molecule has 0 radical (unpaired) electrons. The number of carboxylic acid groups (broad SMARTS) is 3. The fourth-order valence-corrected chi connectivity index (χ4v) is 0. The zero-order valence-corrected chi connectivity index (χ0v) is 33.2. The Morgan fingerprint density at radius 2 is 0.500 bits per heavy atom. The summed E-state index contributed by atoms with van der Waals surface area (Å²) >= 11 is -0.583. The Hall–Kier alpha value is -2.19. The number of aliphatic hydroxyl groups is 7. The van der Waals surface area contributed by atoms with E-state index >= 15 is 0 Å². The Bertz CT molecular complexity index is 205. The van der Waals surface area contributed by atoms with Crippen molar-refractivity contribution >= 4 is 44.2 Å². The third-order valence-electron chi connectivity index (χ3n) is 0.0577. The molecule has 40 heteroatoms. The van der Waals surface area contributed by atoms with Gasteiger partial charge in [-0.2, -0.15) is 0 Å². The number of rotatable bonds is 1. The van der Waals surface area contributed by atoms with Crippen molar-refractivity contribution in [3.05, 3.63) is 49.6 Å². The van der Waals surface area contributed by atoms with Crippen molar-refractivity contribution in [1.82, 2.24) is 0 Å². The average molecular weight is 982 g/mol. The van der Waals surface area contributed by atoms with Crippen LogP contribution in [0.15, 0.2) is 0 Å². The Labute approximate surface area is 363 Å². The van der Waals surface area contributed by atoms with Crippen LogP contribution in [-0.2, 0) is 29.0 Å². The summed E-state index contributed by atoms with van der Waals surface area (Å²) in [5.74, 6) is 0. The zero-order chi connectivity index (χ0) is 44.4. The third kappa shape index (κ3) is 94500. The second kappa shape index (κ2) is 3060. The molecule has 0 unspecified atom stereocenters. The number of halogens is 4. The molecule has 0 spiro atoms. The molecule has 0 rings (SSSR count). The van der Waals surface area contributed by atoms with Crippen LogP contribution in [0.2, 0.25) is 0 Å². The molecular weight excluding hydrogens is 917 g/mol. The summed E-state index contributed by atoms with van der Waals surface area (Å²) in [6.07, 6.45) is 0. The molecule has 0 bridgehead atoms. The molecule has 0 aliphatic heterocycles. The van der Waals surface area contributed by atoms with E-state index in [1.165, 1.54) is 14.2 Å². The van der Waals surface area contributed by atoms with E-state index in [4.69, 9.17) is 150 Å². The van der Waals surface area contributed by atoms with Crippen LogP contribution < -0.4 is 43.5 Å². The Balaban J connectivity index is -0.00000000566. The average Bonchev–Trinajstić information content (AvgIpc) is 3.16. The van der Waals surface area contributed by atoms with Crippen LogP contribution in [0.3, 0.4) is 0 Å². The molecule has 0 atom stereocenters. The SMILES string of the molecule is C.C.C.C.CO.CO.CO.CO.CO.CO.COO.COO.Cl.Cl.O.O.O=CO.O=CO.O=CO.O=O.O=O.O=O.O=O.O=O.OCOO.[Na+].[O-][Cl+]O.[O-][Cl+][O-]. The van der Waals surface area contributed by atoms with E-state index in [1.54, 1.807) is 0 Å². The van der Waals surface area contributed by atoms with Gasteiger partial charge in [-0.15, -0.1) is 29.5 Å². The van der Waals surface area contributed by atoms with Gasteiger partial charge in [0.1, 0.15) is 0 Å². The molecule has 0 fully saturated rings. The van der Waals surface area contributed by atoms with Gasteiger partial charge in [0.05, 0.1) is 25.5 Å². The first-order chi connectivity index (χ1) is 22.8. The van der Waals surface area contributed by atoms with Crippen molar-refractivity contribution in [2.75, 3.05) is 63.7 Å². The summed E-state index contributed by atoms with van der Waals surface area (Å²) < 4.78 is 31.7. The minimum atomic E-state index is -0.625. The molecule has 0 heterocycles. The first-order valence-electron chi connectivity index (χ1n) is 7.60. The second-order valence-corrected chi connectivity index (χ2v) is 1.34. The number of carbonyl (C=O) groups is 3. The van der Waals surface area contributed by atoms with Gasteiger partial charge in [-0.05, 0) is 0 Å². The first-order valence-corrected chi connectivity index (χ1v) is 8.86. The van der Waals surface area contributed by atoms with Crippen LogP contribution in [0.1, 0.15) is 29.7 Å². The minimum Gasteiger partial charge on any atom is -0.544 e. The standard InChI is InChI=1S/CH4O3.2CH4O2.3CH2O2.6CH4O.4CH4.ClHO2.ClO2.2ClH.Na.5O2.2H2O/c2-1-4-3;2*1-3-2;3*2-1-3;6*1-2;;;;;2*2-1-3;;;;5*1-2;;/h2-3H,1H2;2*2H,1H3;3*1H,(H,2,3);6*2H,1H3;4*1H4;2H;;2*1H;;;;;;;2*1H2/q;;;;;;;;;;;;;;;;;-1;;;+1;;;;;;;. The molecule has 0 saturated heterocycles. The molecule has 35 nitrogen and oxygen atoms in total. The quantitative estimate of drug-likeness (QED) is 0.0381. The molecule has 0 aromatic rings. The molecule has 0 aliphatic rings. The van der Waals surface area contributed by atoms with E-state index in [2.05, 4.69) is 14.7 Å². The van der Waals surface area contributed by atoms with Gasteiger partial charge in [0.2, 0.25) is 0 Å². The van der Waals surface area contributed by atoms with Crippen LogP contribution >= 0.6 is 24.8 Å².